The molecule has 0 bridgehead atoms. The van der Waals surface area contributed by atoms with Crippen LogP contribution < -0.4 is 9.47 Å². The Morgan fingerprint density at radius 1 is 1.33 bits per heavy atom. The van der Waals surface area contributed by atoms with E-state index in [1.807, 2.05) is 30.5 Å². The predicted molar refractivity (Wildman–Crippen MR) is 74.8 cm³/mol. The number of aromatic nitrogens is 1. The Hall–Kier alpha value is -1.26. The zero-order chi connectivity index (χ0) is 13.0. The van der Waals surface area contributed by atoms with Crippen molar-refractivity contribution in [2.24, 2.45) is 0 Å². The van der Waals surface area contributed by atoms with Gasteiger partial charge in [-0.2, -0.15) is 0 Å². The summed E-state index contributed by atoms with van der Waals surface area (Å²) in [6.45, 7) is 2.55. The van der Waals surface area contributed by atoms with Gasteiger partial charge in [0.15, 0.2) is 11.5 Å². The van der Waals surface area contributed by atoms with Crippen molar-refractivity contribution in [1.82, 2.24) is 4.98 Å². The number of halogens is 1. The summed E-state index contributed by atoms with van der Waals surface area (Å²) < 4.78 is 10.8. The van der Waals surface area contributed by atoms with Crippen LogP contribution in [0.1, 0.15) is 12.6 Å². The molecule has 0 spiro atoms. The minimum atomic E-state index is 0.435. The molecule has 2 rings (SSSR count). The molecule has 1 aromatic heterocycles. The Bertz CT molecular complexity index is 527. The lowest BCUT2D eigenvalue weighted by molar-refractivity contribution is 0.311. The Morgan fingerprint density at radius 2 is 2.17 bits per heavy atom. The average Bonchev–Trinajstić information content (AvgIpc) is 2.88. The van der Waals surface area contributed by atoms with Gasteiger partial charge in [-0.3, -0.25) is 0 Å². The van der Waals surface area contributed by atoms with Crippen LogP contribution >= 0.6 is 22.9 Å². The molecular formula is C13H14ClNO2S. The lowest BCUT2D eigenvalue weighted by atomic mass is 10.2. The van der Waals surface area contributed by atoms with E-state index in [2.05, 4.69) is 4.98 Å². The number of alkyl halides is 1. The van der Waals surface area contributed by atoms with Crippen LogP contribution in [0, 0.1) is 0 Å². The van der Waals surface area contributed by atoms with Gasteiger partial charge in [-0.25, -0.2) is 4.98 Å². The molecule has 3 nitrogen and oxygen atoms in total. The maximum absolute atomic E-state index is 5.76. The average molecular weight is 284 g/mol. The first kappa shape index (κ1) is 13.2. The standard InChI is InChI=1S/C13H14ClNO2S/c1-3-17-12-6-9(4-5-11(12)16-2)13-15-10(7-14)8-18-13/h4-6,8H,3,7H2,1-2H3. The SMILES string of the molecule is CCOc1cc(-c2nc(CCl)cs2)ccc1OC. The van der Waals surface area contributed by atoms with Crippen LogP contribution in [0.15, 0.2) is 23.6 Å². The van der Waals surface area contributed by atoms with Gasteiger partial charge < -0.3 is 9.47 Å². The van der Waals surface area contributed by atoms with Crippen LogP contribution in [0.2, 0.25) is 0 Å². The molecule has 0 aliphatic heterocycles. The second-order valence-corrected chi connectivity index (χ2v) is 4.70. The maximum Gasteiger partial charge on any atom is 0.161 e. The number of rotatable bonds is 5. The van der Waals surface area contributed by atoms with E-state index in [0.717, 1.165) is 27.8 Å². The van der Waals surface area contributed by atoms with Crippen molar-refractivity contribution in [2.75, 3.05) is 13.7 Å². The van der Waals surface area contributed by atoms with Crippen LogP contribution in [0.5, 0.6) is 11.5 Å². The molecule has 1 heterocycles. The summed E-state index contributed by atoms with van der Waals surface area (Å²) in [4.78, 5) is 4.45. The maximum atomic E-state index is 5.76. The van der Waals surface area contributed by atoms with E-state index in [1.165, 1.54) is 0 Å². The van der Waals surface area contributed by atoms with E-state index in [-0.39, 0.29) is 0 Å². The van der Waals surface area contributed by atoms with Crippen LogP contribution in [-0.4, -0.2) is 18.7 Å². The molecule has 0 aliphatic rings. The number of methoxy groups -OCH3 is 1. The molecule has 0 amide bonds. The second-order valence-electron chi connectivity index (χ2n) is 3.58. The quantitative estimate of drug-likeness (QED) is 0.779. The van der Waals surface area contributed by atoms with Crippen LogP contribution in [0.4, 0.5) is 0 Å². The number of thiazole rings is 1. The molecule has 0 aliphatic carbocycles. The number of ether oxygens (including phenoxy) is 2. The van der Waals surface area contributed by atoms with Crippen LogP contribution in [0.25, 0.3) is 10.6 Å². The summed E-state index contributed by atoms with van der Waals surface area (Å²) in [7, 11) is 1.63. The van der Waals surface area contributed by atoms with Crippen molar-refractivity contribution in [2.45, 2.75) is 12.8 Å². The summed E-state index contributed by atoms with van der Waals surface area (Å²) in [6, 6.07) is 5.81. The van der Waals surface area contributed by atoms with E-state index in [9.17, 15) is 0 Å². The van der Waals surface area contributed by atoms with Crippen molar-refractivity contribution in [3.63, 3.8) is 0 Å². The molecule has 0 saturated heterocycles. The van der Waals surface area contributed by atoms with Gasteiger partial charge in [0.1, 0.15) is 5.01 Å². The van der Waals surface area contributed by atoms with Crippen molar-refractivity contribution in [1.29, 1.82) is 0 Å². The highest BCUT2D eigenvalue weighted by atomic mass is 35.5. The molecule has 2 aromatic rings. The minimum Gasteiger partial charge on any atom is -0.493 e. The van der Waals surface area contributed by atoms with Gasteiger partial charge in [0.05, 0.1) is 25.3 Å². The zero-order valence-corrected chi connectivity index (χ0v) is 11.8. The third kappa shape index (κ3) is 2.76. The number of hydrogen-bond acceptors (Lipinski definition) is 4. The van der Waals surface area contributed by atoms with Gasteiger partial charge in [0.2, 0.25) is 0 Å². The van der Waals surface area contributed by atoms with Gasteiger partial charge in [-0.1, -0.05) is 0 Å². The zero-order valence-electron chi connectivity index (χ0n) is 10.3. The lowest BCUT2D eigenvalue weighted by Gasteiger charge is -2.10. The summed E-state index contributed by atoms with van der Waals surface area (Å²) in [5, 5.41) is 2.90. The summed E-state index contributed by atoms with van der Waals surface area (Å²) in [5.41, 5.74) is 1.91. The monoisotopic (exact) mass is 283 g/mol. The molecule has 0 N–H and O–H groups in total. The smallest absolute Gasteiger partial charge is 0.161 e. The van der Waals surface area contributed by atoms with E-state index < -0.39 is 0 Å². The molecular weight excluding hydrogens is 270 g/mol. The summed E-state index contributed by atoms with van der Waals surface area (Å²) in [5.74, 6) is 1.90. The first-order valence-corrected chi connectivity index (χ1v) is 7.01. The van der Waals surface area contributed by atoms with E-state index in [1.54, 1.807) is 18.4 Å². The van der Waals surface area contributed by atoms with Gasteiger partial charge in [0.25, 0.3) is 0 Å². The van der Waals surface area contributed by atoms with Gasteiger partial charge in [0, 0.05) is 10.9 Å². The van der Waals surface area contributed by atoms with E-state index in [0.29, 0.717) is 12.5 Å². The Morgan fingerprint density at radius 3 is 2.78 bits per heavy atom. The topological polar surface area (TPSA) is 31.4 Å². The fraction of sp³-hybridized carbons (Fsp3) is 0.308. The molecule has 0 unspecified atom stereocenters. The van der Waals surface area contributed by atoms with Crippen molar-refractivity contribution in [3.8, 4) is 22.1 Å². The molecule has 18 heavy (non-hydrogen) atoms. The largest absolute Gasteiger partial charge is 0.493 e. The summed E-state index contributed by atoms with van der Waals surface area (Å²) >= 11 is 7.33. The van der Waals surface area contributed by atoms with Crippen molar-refractivity contribution in [3.05, 3.63) is 29.3 Å². The van der Waals surface area contributed by atoms with E-state index >= 15 is 0 Å². The first-order valence-electron chi connectivity index (χ1n) is 5.60. The molecule has 0 saturated carbocycles. The van der Waals surface area contributed by atoms with Gasteiger partial charge in [-0.05, 0) is 25.1 Å². The lowest BCUT2D eigenvalue weighted by Crippen LogP contribution is -1.95. The molecule has 96 valence electrons. The van der Waals surface area contributed by atoms with Crippen molar-refractivity contribution >= 4 is 22.9 Å². The Labute approximate surface area is 115 Å². The third-order valence-electron chi connectivity index (χ3n) is 2.40. The number of benzene rings is 1. The molecule has 1 aromatic carbocycles. The highest BCUT2D eigenvalue weighted by Crippen LogP contribution is 2.33. The number of hydrogen-bond donors (Lipinski definition) is 0. The van der Waals surface area contributed by atoms with Crippen LogP contribution in [0.3, 0.4) is 0 Å². The molecule has 0 fully saturated rings. The van der Waals surface area contributed by atoms with Crippen LogP contribution in [-0.2, 0) is 5.88 Å². The normalized spacial score (nSPS) is 10.4. The highest BCUT2D eigenvalue weighted by Gasteiger charge is 2.09. The molecule has 0 radical (unpaired) electrons. The van der Waals surface area contributed by atoms with Crippen molar-refractivity contribution < 1.29 is 9.47 Å². The van der Waals surface area contributed by atoms with Gasteiger partial charge >= 0.3 is 0 Å². The fourth-order valence-electron chi connectivity index (χ4n) is 1.58. The Kier molecular flexibility index (Phi) is 4.44. The molecule has 5 heteroatoms. The summed E-state index contributed by atoms with van der Waals surface area (Å²) in [6.07, 6.45) is 0. The van der Waals surface area contributed by atoms with E-state index in [4.69, 9.17) is 21.1 Å². The Balaban J connectivity index is 2.36. The van der Waals surface area contributed by atoms with Gasteiger partial charge in [-0.15, -0.1) is 22.9 Å². The second kappa shape index (κ2) is 6.07. The predicted octanol–water partition coefficient (Wildman–Crippen LogP) is 3.96. The molecule has 0 atom stereocenters. The first-order chi connectivity index (χ1) is 8.78. The minimum absolute atomic E-state index is 0.435. The fourth-order valence-corrected chi connectivity index (χ4v) is 2.62. The highest BCUT2D eigenvalue weighted by molar-refractivity contribution is 7.13. The number of nitrogens with zero attached hydrogens (tertiary/aromatic N) is 1. The third-order valence-corrected chi connectivity index (χ3v) is 3.61.